The second-order valence-corrected chi connectivity index (χ2v) is 11.3. The van der Waals surface area contributed by atoms with Crippen molar-refractivity contribution in [3.8, 4) is 5.75 Å². The van der Waals surface area contributed by atoms with Gasteiger partial charge < -0.3 is 15.4 Å². The monoisotopic (exact) mass is 553 g/mol. The molecule has 4 atom stereocenters. The highest BCUT2D eigenvalue weighted by Crippen LogP contribution is 2.68. The molecule has 0 unspecified atom stereocenters. The summed E-state index contributed by atoms with van der Waals surface area (Å²) >= 11 is 6.51. The number of fused-ring (bicyclic) bond motifs is 7. The number of para-hydroxylation sites is 2. The van der Waals surface area contributed by atoms with Crippen LogP contribution in [0.4, 0.5) is 11.4 Å². The number of halogens is 1. The Morgan fingerprint density at radius 3 is 2.67 bits per heavy atom. The van der Waals surface area contributed by atoms with Crippen molar-refractivity contribution in [2.45, 2.75) is 36.8 Å². The van der Waals surface area contributed by atoms with E-state index in [1.807, 2.05) is 43.3 Å². The normalized spacial score (nSPS) is 27.9. The quantitative estimate of drug-likeness (QED) is 0.334. The maximum Gasteiger partial charge on any atom is 0.251 e. The smallest absolute Gasteiger partial charge is 0.251 e. The fourth-order valence-electron chi connectivity index (χ4n) is 7.88. The number of hydrogen-bond acceptors (Lipinski definition) is 5. The average Bonchev–Trinajstić information content (AvgIpc) is 3.68. The van der Waals surface area contributed by atoms with Gasteiger partial charge in [0.1, 0.15) is 23.3 Å². The largest absolute Gasteiger partial charge is 0.489 e. The summed E-state index contributed by atoms with van der Waals surface area (Å²) in [6.45, 7) is 6.41. The predicted octanol–water partition coefficient (Wildman–Crippen LogP) is 5.23. The number of anilines is 2. The molecule has 0 aliphatic carbocycles. The molecule has 40 heavy (non-hydrogen) atoms. The molecule has 4 aliphatic rings. The van der Waals surface area contributed by atoms with E-state index in [4.69, 9.17) is 16.3 Å². The first kappa shape index (κ1) is 25.1. The van der Waals surface area contributed by atoms with Crippen LogP contribution in [0.15, 0.2) is 73.3 Å². The number of hydrogen-bond donors (Lipinski definition) is 2. The molecular weight excluding hydrogens is 526 g/mol. The van der Waals surface area contributed by atoms with Crippen LogP contribution in [0.1, 0.15) is 39.9 Å². The van der Waals surface area contributed by atoms with Crippen LogP contribution in [0.25, 0.3) is 0 Å². The van der Waals surface area contributed by atoms with E-state index in [1.54, 1.807) is 30.3 Å². The highest BCUT2D eigenvalue weighted by molar-refractivity contribution is 6.32. The predicted molar refractivity (Wildman–Crippen MR) is 153 cm³/mol. The number of benzene rings is 3. The van der Waals surface area contributed by atoms with Gasteiger partial charge in [0, 0.05) is 22.3 Å². The second-order valence-electron chi connectivity index (χ2n) is 10.9. The molecule has 3 aromatic rings. The summed E-state index contributed by atoms with van der Waals surface area (Å²) < 4.78 is 5.90. The minimum Gasteiger partial charge on any atom is -0.489 e. The Morgan fingerprint density at radius 1 is 1.07 bits per heavy atom. The summed E-state index contributed by atoms with van der Waals surface area (Å²) in [6, 6.07) is 17.8. The molecule has 0 saturated carbocycles. The molecule has 2 fully saturated rings. The van der Waals surface area contributed by atoms with Crippen LogP contribution in [-0.4, -0.2) is 41.7 Å². The van der Waals surface area contributed by atoms with Gasteiger partial charge in [-0.1, -0.05) is 60.7 Å². The van der Waals surface area contributed by atoms with Gasteiger partial charge >= 0.3 is 0 Å². The molecule has 7 rings (SSSR count). The Bertz CT molecular complexity index is 1640. The maximum absolute atomic E-state index is 14.9. The zero-order valence-corrected chi connectivity index (χ0v) is 22.8. The van der Waals surface area contributed by atoms with Crippen LogP contribution in [0.3, 0.4) is 0 Å². The fraction of sp³-hybridized carbons (Fsp3) is 0.281. The number of rotatable bonds is 5. The number of ketones is 1. The van der Waals surface area contributed by atoms with Gasteiger partial charge in [0.15, 0.2) is 5.78 Å². The van der Waals surface area contributed by atoms with E-state index in [0.29, 0.717) is 51.8 Å². The van der Waals surface area contributed by atoms with Gasteiger partial charge in [-0.2, -0.15) is 0 Å². The lowest BCUT2D eigenvalue weighted by atomic mass is 9.57. The molecule has 4 aliphatic heterocycles. The number of carbonyl (C=O) groups is 3. The van der Waals surface area contributed by atoms with E-state index < -0.39 is 16.9 Å². The third-order valence-electron chi connectivity index (χ3n) is 9.26. The minimum atomic E-state index is -1.52. The highest BCUT2D eigenvalue weighted by Gasteiger charge is 2.81. The molecular formula is C32H28ClN3O4. The summed E-state index contributed by atoms with van der Waals surface area (Å²) in [5, 5.41) is 6.69. The molecule has 202 valence electrons. The van der Waals surface area contributed by atoms with Gasteiger partial charge in [-0.3, -0.25) is 19.3 Å². The number of nitrogens with one attached hydrogen (secondary N) is 2. The Balaban J connectivity index is 1.56. The molecule has 3 aromatic carbocycles. The molecule has 0 aromatic heterocycles. The molecule has 2 amide bonds. The Kier molecular flexibility index (Phi) is 5.50. The number of carbonyl (C=O) groups excluding carboxylic acids is 3. The van der Waals surface area contributed by atoms with Crippen LogP contribution in [0.2, 0.25) is 5.02 Å². The molecule has 4 heterocycles. The van der Waals surface area contributed by atoms with Gasteiger partial charge in [-0.05, 0) is 61.7 Å². The third-order valence-corrected chi connectivity index (χ3v) is 9.67. The van der Waals surface area contributed by atoms with E-state index >= 15 is 0 Å². The van der Waals surface area contributed by atoms with E-state index in [-0.39, 0.29) is 30.2 Å². The topological polar surface area (TPSA) is 87.7 Å². The Labute approximate surface area is 237 Å². The van der Waals surface area contributed by atoms with Gasteiger partial charge in [-0.15, -0.1) is 0 Å². The second kappa shape index (κ2) is 8.78. The maximum atomic E-state index is 14.9. The Morgan fingerprint density at radius 2 is 1.85 bits per heavy atom. The van der Waals surface area contributed by atoms with E-state index in [2.05, 4.69) is 22.1 Å². The molecule has 2 saturated heterocycles. The summed E-state index contributed by atoms with van der Waals surface area (Å²) in [4.78, 5) is 46.2. The summed E-state index contributed by atoms with van der Waals surface area (Å²) in [6.07, 6.45) is 3.11. The van der Waals surface area contributed by atoms with E-state index in [0.717, 1.165) is 12.0 Å². The van der Waals surface area contributed by atoms with Crippen molar-refractivity contribution < 1.29 is 19.1 Å². The van der Waals surface area contributed by atoms with Crippen LogP contribution in [0.5, 0.6) is 5.75 Å². The van der Waals surface area contributed by atoms with Crippen molar-refractivity contribution in [1.29, 1.82) is 0 Å². The first-order chi connectivity index (χ1) is 19.4. The molecule has 2 N–H and O–H groups in total. The van der Waals surface area contributed by atoms with Crippen LogP contribution in [-0.2, 0) is 20.5 Å². The lowest BCUT2D eigenvalue weighted by Crippen LogP contribution is -2.62. The van der Waals surface area contributed by atoms with Crippen molar-refractivity contribution >= 4 is 40.6 Å². The summed E-state index contributed by atoms with van der Waals surface area (Å²) in [7, 11) is 0. The number of amides is 2. The average molecular weight is 554 g/mol. The summed E-state index contributed by atoms with van der Waals surface area (Å²) in [5.74, 6) is -1.29. The number of ether oxygens (including phenoxy) is 1. The van der Waals surface area contributed by atoms with Crippen molar-refractivity contribution in [3.63, 3.8) is 0 Å². The summed E-state index contributed by atoms with van der Waals surface area (Å²) in [5.41, 5.74) is 0.745. The number of nitrogens with zero attached hydrogens (tertiary/aromatic N) is 1. The molecule has 2 spiro atoms. The third kappa shape index (κ3) is 2.86. The molecule has 0 bridgehead atoms. The zero-order chi connectivity index (χ0) is 27.8. The van der Waals surface area contributed by atoms with E-state index in [1.165, 1.54) is 0 Å². The molecule has 8 heteroatoms. The van der Waals surface area contributed by atoms with Gasteiger partial charge in [0.25, 0.3) is 5.91 Å². The first-order valence-corrected chi connectivity index (χ1v) is 13.9. The van der Waals surface area contributed by atoms with E-state index in [9.17, 15) is 14.4 Å². The number of Topliss-reactive ketones (excluding diaryl/α,β-unsaturated/α-hetero) is 1. The standard InChI is InChI=1S/C32H28ClN3O4/c1-3-17-40-25-13-7-4-9-19(25)28(37)26-24-12-8-16-36(24)32(21-14-15-22(33)18(2)27(21)35-30(32)39)31(26)20-10-5-6-11-23(20)34-29(31)38/h3-7,9-11,13-15,24,26H,1,8,12,16-17H2,2H3,(H,34,38)(H,35,39)/t24-,26-,31-,32-/m0/s1. The van der Waals surface area contributed by atoms with Crippen molar-refractivity contribution in [1.82, 2.24) is 4.90 Å². The lowest BCUT2D eigenvalue weighted by molar-refractivity contribution is -0.137. The minimum absolute atomic E-state index is 0.216. The van der Waals surface area contributed by atoms with Crippen LogP contribution < -0.4 is 15.4 Å². The van der Waals surface area contributed by atoms with Crippen molar-refractivity contribution in [2.24, 2.45) is 5.92 Å². The Hall–Kier alpha value is -3.94. The van der Waals surface area contributed by atoms with Gasteiger partial charge in [-0.25, -0.2) is 0 Å². The van der Waals surface area contributed by atoms with Crippen LogP contribution in [0, 0.1) is 12.8 Å². The van der Waals surface area contributed by atoms with Crippen molar-refractivity contribution in [3.05, 3.63) is 101 Å². The molecule has 7 nitrogen and oxygen atoms in total. The highest BCUT2D eigenvalue weighted by atomic mass is 35.5. The van der Waals surface area contributed by atoms with Gasteiger partial charge in [0.05, 0.1) is 17.2 Å². The van der Waals surface area contributed by atoms with Gasteiger partial charge in [0.2, 0.25) is 5.91 Å². The van der Waals surface area contributed by atoms with Crippen molar-refractivity contribution in [2.75, 3.05) is 23.8 Å². The lowest BCUT2D eigenvalue weighted by Gasteiger charge is -2.43. The first-order valence-electron chi connectivity index (χ1n) is 13.5. The zero-order valence-electron chi connectivity index (χ0n) is 22.0. The fourth-order valence-corrected chi connectivity index (χ4v) is 8.04. The molecule has 0 radical (unpaired) electrons. The van der Waals surface area contributed by atoms with Crippen LogP contribution >= 0.6 is 11.6 Å². The SMILES string of the molecule is C=CCOc1ccccc1C(=O)[C@@H]1[C@@H]2CCCN2[C@@]2(C(=O)Nc3c2ccc(Cl)c3C)[C@]12C(=O)Nc1ccccc12.